The summed E-state index contributed by atoms with van der Waals surface area (Å²) in [6.07, 6.45) is 1.73. The maximum absolute atomic E-state index is 11.6. The molecule has 4 nitrogen and oxygen atoms in total. The summed E-state index contributed by atoms with van der Waals surface area (Å²) in [6, 6.07) is 8.88. The van der Waals surface area contributed by atoms with Crippen LogP contribution in [0.4, 0.5) is 0 Å². The second-order valence-electron chi connectivity index (χ2n) is 6.33. The van der Waals surface area contributed by atoms with Crippen LogP contribution in [0.25, 0.3) is 0 Å². The zero-order valence-corrected chi connectivity index (χ0v) is 12.7. The van der Waals surface area contributed by atoms with Crippen molar-refractivity contribution in [3.05, 3.63) is 35.4 Å². The van der Waals surface area contributed by atoms with Crippen molar-refractivity contribution >= 4 is 9.84 Å². The smallest absolute Gasteiger partial charge is 0.152 e. The lowest BCUT2D eigenvalue weighted by molar-refractivity contribution is 0.351. The Morgan fingerprint density at radius 2 is 2.10 bits per heavy atom. The molecule has 5 heteroatoms. The summed E-state index contributed by atoms with van der Waals surface area (Å²) < 4.78 is 23.2. The van der Waals surface area contributed by atoms with Gasteiger partial charge in [0.1, 0.15) is 0 Å². The fraction of sp³-hybridized carbons (Fsp3) is 0.600. The number of nitrogens with one attached hydrogen (secondary N) is 2. The highest BCUT2D eigenvalue weighted by Crippen LogP contribution is 2.23. The van der Waals surface area contributed by atoms with Gasteiger partial charge in [0.05, 0.1) is 11.5 Å². The van der Waals surface area contributed by atoms with Crippen molar-refractivity contribution in [1.29, 1.82) is 0 Å². The van der Waals surface area contributed by atoms with E-state index in [0.717, 1.165) is 25.9 Å². The molecule has 1 saturated heterocycles. The molecular formula is C15H22N2O2S. The second kappa shape index (κ2) is 5.13. The number of rotatable bonds is 3. The summed E-state index contributed by atoms with van der Waals surface area (Å²) in [4.78, 5) is 0. The van der Waals surface area contributed by atoms with Gasteiger partial charge in [-0.25, -0.2) is 8.42 Å². The van der Waals surface area contributed by atoms with E-state index in [2.05, 4.69) is 34.9 Å². The normalized spacial score (nSPS) is 31.9. The van der Waals surface area contributed by atoms with Crippen LogP contribution in [0.3, 0.4) is 0 Å². The third-order valence-electron chi connectivity index (χ3n) is 4.44. The van der Waals surface area contributed by atoms with Crippen molar-refractivity contribution in [2.24, 2.45) is 0 Å². The Morgan fingerprint density at radius 3 is 2.80 bits per heavy atom. The van der Waals surface area contributed by atoms with Crippen molar-refractivity contribution in [3.63, 3.8) is 0 Å². The molecule has 2 unspecified atom stereocenters. The Balaban J connectivity index is 1.58. The molecular weight excluding hydrogens is 272 g/mol. The van der Waals surface area contributed by atoms with Gasteiger partial charge >= 0.3 is 0 Å². The Hall–Kier alpha value is -0.910. The number of fused-ring (bicyclic) bond motifs is 1. The lowest BCUT2D eigenvalue weighted by Crippen LogP contribution is -2.51. The highest BCUT2D eigenvalue weighted by molar-refractivity contribution is 7.91. The molecule has 0 aliphatic carbocycles. The first kappa shape index (κ1) is 14.0. The molecule has 0 aromatic heterocycles. The van der Waals surface area contributed by atoms with E-state index in [-0.39, 0.29) is 11.3 Å². The Kier molecular flexibility index (Phi) is 3.60. The van der Waals surface area contributed by atoms with E-state index in [9.17, 15) is 8.42 Å². The lowest BCUT2D eigenvalue weighted by atomic mass is 9.94. The molecule has 0 amide bonds. The predicted molar refractivity (Wildman–Crippen MR) is 80.5 cm³/mol. The fourth-order valence-electron chi connectivity index (χ4n) is 3.18. The highest BCUT2D eigenvalue weighted by Gasteiger charge is 2.38. The average molecular weight is 294 g/mol. The van der Waals surface area contributed by atoms with Crippen LogP contribution in [0.5, 0.6) is 0 Å². The molecule has 2 heterocycles. The van der Waals surface area contributed by atoms with E-state index in [1.165, 1.54) is 11.1 Å². The van der Waals surface area contributed by atoms with Crippen LogP contribution >= 0.6 is 0 Å². The number of hydrogen-bond donors (Lipinski definition) is 2. The van der Waals surface area contributed by atoms with E-state index < -0.39 is 9.84 Å². The Labute approximate surface area is 120 Å². The van der Waals surface area contributed by atoms with Gasteiger partial charge in [-0.2, -0.15) is 0 Å². The third kappa shape index (κ3) is 3.05. The molecule has 2 atom stereocenters. The number of benzene rings is 1. The summed E-state index contributed by atoms with van der Waals surface area (Å²) in [7, 11) is -2.84. The molecule has 2 aliphatic heterocycles. The summed E-state index contributed by atoms with van der Waals surface area (Å²) >= 11 is 0. The van der Waals surface area contributed by atoms with Crippen LogP contribution in [-0.4, -0.2) is 38.0 Å². The molecule has 2 aliphatic rings. The van der Waals surface area contributed by atoms with Crippen molar-refractivity contribution in [2.45, 2.75) is 37.9 Å². The predicted octanol–water partition coefficient (Wildman–Crippen LogP) is 0.868. The van der Waals surface area contributed by atoms with Crippen LogP contribution in [-0.2, 0) is 22.8 Å². The van der Waals surface area contributed by atoms with Gasteiger partial charge in [0.25, 0.3) is 0 Å². The van der Waals surface area contributed by atoms with Crippen molar-refractivity contribution in [1.82, 2.24) is 10.6 Å². The number of sulfone groups is 1. The summed E-state index contributed by atoms with van der Waals surface area (Å²) in [5.74, 6) is 0.584. The minimum atomic E-state index is -2.84. The van der Waals surface area contributed by atoms with Gasteiger partial charge in [-0.3, -0.25) is 0 Å². The zero-order chi connectivity index (χ0) is 14.2. The second-order valence-corrected chi connectivity index (χ2v) is 8.52. The van der Waals surface area contributed by atoms with Gasteiger partial charge in [0.15, 0.2) is 9.84 Å². The molecule has 110 valence electrons. The molecule has 0 radical (unpaired) electrons. The molecule has 0 spiro atoms. The molecule has 20 heavy (non-hydrogen) atoms. The quantitative estimate of drug-likeness (QED) is 0.868. The average Bonchev–Trinajstić information content (AvgIpc) is 2.71. The maximum atomic E-state index is 11.6. The molecule has 1 aromatic carbocycles. The van der Waals surface area contributed by atoms with E-state index in [4.69, 9.17) is 0 Å². The Bertz CT molecular complexity index is 600. The van der Waals surface area contributed by atoms with Crippen LogP contribution in [0.2, 0.25) is 0 Å². The van der Waals surface area contributed by atoms with Gasteiger partial charge in [0.2, 0.25) is 0 Å². The van der Waals surface area contributed by atoms with Crippen LogP contribution in [0.15, 0.2) is 24.3 Å². The first-order valence-corrected chi connectivity index (χ1v) is 9.04. The van der Waals surface area contributed by atoms with Crippen molar-refractivity contribution in [2.75, 3.05) is 18.1 Å². The molecule has 0 saturated carbocycles. The van der Waals surface area contributed by atoms with Gasteiger partial charge < -0.3 is 10.6 Å². The lowest BCUT2D eigenvalue weighted by Gasteiger charge is -2.31. The van der Waals surface area contributed by atoms with E-state index in [1.54, 1.807) is 0 Å². The zero-order valence-electron chi connectivity index (χ0n) is 11.9. The molecule has 1 fully saturated rings. The first-order chi connectivity index (χ1) is 9.46. The Morgan fingerprint density at radius 1 is 1.35 bits per heavy atom. The minimum Gasteiger partial charge on any atom is -0.309 e. The molecule has 0 bridgehead atoms. The third-order valence-corrected chi connectivity index (χ3v) is 6.35. The number of hydrogen-bond acceptors (Lipinski definition) is 4. The summed E-state index contributed by atoms with van der Waals surface area (Å²) in [5.41, 5.74) is 2.53. The van der Waals surface area contributed by atoms with Crippen LogP contribution < -0.4 is 10.6 Å². The van der Waals surface area contributed by atoms with Crippen molar-refractivity contribution in [3.8, 4) is 0 Å². The standard InChI is InChI=1S/C15H22N2O2S/c1-15(6-7-20(18,19)11-15)17-10-14-8-12-4-2-3-5-13(12)9-16-14/h2-5,14,16-17H,6-11H2,1H3. The van der Waals surface area contributed by atoms with E-state index >= 15 is 0 Å². The highest BCUT2D eigenvalue weighted by atomic mass is 32.2. The summed E-state index contributed by atoms with van der Waals surface area (Å²) in [6.45, 7) is 3.74. The maximum Gasteiger partial charge on any atom is 0.152 e. The van der Waals surface area contributed by atoms with Gasteiger partial charge in [-0.1, -0.05) is 24.3 Å². The topological polar surface area (TPSA) is 58.2 Å². The van der Waals surface area contributed by atoms with Crippen molar-refractivity contribution < 1.29 is 8.42 Å². The minimum absolute atomic E-state index is 0.253. The first-order valence-electron chi connectivity index (χ1n) is 7.21. The van der Waals surface area contributed by atoms with Gasteiger partial charge in [0, 0.05) is 24.7 Å². The van der Waals surface area contributed by atoms with Gasteiger partial charge in [-0.15, -0.1) is 0 Å². The monoisotopic (exact) mass is 294 g/mol. The van der Waals surface area contributed by atoms with Gasteiger partial charge in [-0.05, 0) is 30.9 Å². The largest absolute Gasteiger partial charge is 0.309 e. The SMILES string of the molecule is CC1(NCC2Cc3ccccc3CN2)CCS(=O)(=O)C1. The summed E-state index contributed by atoms with van der Waals surface area (Å²) in [5, 5.41) is 7.00. The van der Waals surface area contributed by atoms with Crippen LogP contribution in [0.1, 0.15) is 24.5 Å². The fourth-order valence-corrected chi connectivity index (χ4v) is 5.31. The van der Waals surface area contributed by atoms with Crippen LogP contribution in [0, 0.1) is 0 Å². The molecule has 1 aromatic rings. The molecule has 3 rings (SSSR count). The van der Waals surface area contributed by atoms with E-state index in [0.29, 0.717) is 11.8 Å². The molecule has 2 N–H and O–H groups in total. The van der Waals surface area contributed by atoms with E-state index in [1.807, 2.05) is 6.92 Å².